The van der Waals surface area contributed by atoms with Crippen LogP contribution in [0.1, 0.15) is 42.7 Å². The number of carbonyl (C=O) groups is 1. The predicted octanol–water partition coefficient (Wildman–Crippen LogP) is 4.10. The highest BCUT2D eigenvalue weighted by atomic mass is 16.6. The Morgan fingerprint density at radius 2 is 1.58 bits per heavy atom. The molecule has 0 aromatic heterocycles. The first-order valence-corrected chi connectivity index (χ1v) is 11.7. The Morgan fingerprint density at radius 1 is 0.935 bits per heavy atom. The van der Waals surface area contributed by atoms with Crippen molar-refractivity contribution < 1.29 is 14.6 Å². The van der Waals surface area contributed by atoms with E-state index >= 15 is 0 Å². The van der Waals surface area contributed by atoms with E-state index in [1.165, 1.54) is 28.7 Å². The van der Waals surface area contributed by atoms with Gasteiger partial charge in [-0.05, 0) is 60.4 Å². The van der Waals surface area contributed by atoms with Gasteiger partial charge in [0.15, 0.2) is 0 Å². The molecule has 0 unspecified atom stereocenters. The monoisotopic (exact) mass is 420 g/mol. The zero-order valence-electron chi connectivity index (χ0n) is 18.1. The van der Waals surface area contributed by atoms with Gasteiger partial charge in [0.1, 0.15) is 6.61 Å². The molecule has 1 N–H and O–H groups in total. The van der Waals surface area contributed by atoms with E-state index in [1.807, 2.05) is 4.90 Å². The fraction of sp³-hybridized carbons (Fsp3) is 0.500. The summed E-state index contributed by atoms with van der Waals surface area (Å²) in [5, 5.41) is 9.54. The average Bonchev–Trinajstić information content (AvgIpc) is 3.40. The van der Waals surface area contributed by atoms with Crippen molar-refractivity contribution in [1.29, 1.82) is 0 Å². The first-order chi connectivity index (χ1) is 15.2. The number of carbonyl (C=O) groups excluding carboxylic acids is 1. The minimum absolute atomic E-state index is 0.111. The molecule has 2 fully saturated rings. The standard InChI is InChI=1S/C26H32N2O3/c29-17-20-6-5-13-28(20)16-19-11-14-27(15-12-19)26(30)31-18-25-23-9-3-1-7-21(23)22-8-2-4-10-24(22)25/h1-4,7-10,19-20,25,29H,5-6,11-18H2/t20-/m0/s1. The Balaban J connectivity index is 1.15. The molecule has 2 heterocycles. The van der Waals surface area contributed by atoms with Crippen LogP contribution < -0.4 is 0 Å². The highest BCUT2D eigenvalue weighted by Crippen LogP contribution is 2.44. The van der Waals surface area contributed by atoms with E-state index in [-0.39, 0.29) is 18.6 Å². The molecule has 0 spiro atoms. The number of benzene rings is 2. The number of nitrogens with zero attached hydrogens (tertiary/aromatic N) is 2. The maximum Gasteiger partial charge on any atom is 0.409 e. The number of ether oxygens (including phenoxy) is 1. The molecule has 2 aromatic carbocycles. The van der Waals surface area contributed by atoms with Crippen molar-refractivity contribution in [2.75, 3.05) is 39.4 Å². The van der Waals surface area contributed by atoms with Crippen LogP contribution in [0.3, 0.4) is 0 Å². The van der Waals surface area contributed by atoms with Crippen molar-refractivity contribution in [1.82, 2.24) is 9.80 Å². The van der Waals surface area contributed by atoms with Gasteiger partial charge >= 0.3 is 6.09 Å². The van der Waals surface area contributed by atoms with E-state index in [0.29, 0.717) is 18.6 Å². The molecule has 2 saturated heterocycles. The summed E-state index contributed by atoms with van der Waals surface area (Å²) in [6, 6.07) is 17.2. The minimum Gasteiger partial charge on any atom is -0.448 e. The van der Waals surface area contributed by atoms with Crippen LogP contribution in [0.15, 0.2) is 48.5 Å². The van der Waals surface area contributed by atoms with Crippen molar-refractivity contribution in [3.05, 3.63) is 59.7 Å². The Hall–Kier alpha value is -2.37. The summed E-state index contributed by atoms with van der Waals surface area (Å²) in [7, 11) is 0. The molecule has 5 heteroatoms. The normalized spacial score (nSPS) is 21.8. The van der Waals surface area contributed by atoms with E-state index in [1.54, 1.807) is 0 Å². The minimum atomic E-state index is -0.185. The summed E-state index contributed by atoms with van der Waals surface area (Å²) in [6.07, 6.45) is 4.13. The second-order valence-electron chi connectivity index (χ2n) is 9.21. The fourth-order valence-electron chi connectivity index (χ4n) is 5.66. The number of hydrogen-bond acceptors (Lipinski definition) is 4. The van der Waals surface area contributed by atoms with Crippen molar-refractivity contribution >= 4 is 6.09 Å². The van der Waals surface area contributed by atoms with Gasteiger partial charge in [-0.1, -0.05) is 48.5 Å². The van der Waals surface area contributed by atoms with Crippen LogP contribution in [0, 0.1) is 5.92 Å². The topological polar surface area (TPSA) is 53.0 Å². The van der Waals surface area contributed by atoms with Gasteiger partial charge in [-0.2, -0.15) is 0 Å². The number of likely N-dealkylation sites (tertiary alicyclic amines) is 2. The molecular formula is C26H32N2O3. The van der Waals surface area contributed by atoms with Gasteiger partial charge in [-0.15, -0.1) is 0 Å². The lowest BCUT2D eigenvalue weighted by Crippen LogP contribution is -2.43. The molecule has 3 aliphatic rings. The molecule has 0 saturated carbocycles. The lowest BCUT2D eigenvalue weighted by Gasteiger charge is -2.34. The summed E-state index contributed by atoms with van der Waals surface area (Å²) in [4.78, 5) is 17.1. The number of amides is 1. The molecule has 1 atom stereocenters. The molecule has 5 nitrogen and oxygen atoms in total. The third-order valence-corrected chi connectivity index (χ3v) is 7.41. The van der Waals surface area contributed by atoms with Crippen molar-refractivity contribution in [3.8, 4) is 11.1 Å². The quantitative estimate of drug-likeness (QED) is 0.791. The number of aliphatic hydroxyl groups excluding tert-OH is 1. The van der Waals surface area contributed by atoms with Gasteiger partial charge in [-0.25, -0.2) is 4.79 Å². The molecule has 1 amide bonds. The predicted molar refractivity (Wildman–Crippen MR) is 121 cm³/mol. The number of rotatable bonds is 5. The van der Waals surface area contributed by atoms with Gasteiger partial charge < -0.3 is 14.7 Å². The molecule has 1 aliphatic carbocycles. The second kappa shape index (κ2) is 9.01. The van der Waals surface area contributed by atoms with Crippen molar-refractivity contribution in [3.63, 3.8) is 0 Å². The highest BCUT2D eigenvalue weighted by molar-refractivity contribution is 5.79. The third-order valence-electron chi connectivity index (χ3n) is 7.41. The molecule has 2 aromatic rings. The van der Waals surface area contributed by atoms with Gasteiger partial charge in [-0.3, -0.25) is 4.90 Å². The van der Waals surface area contributed by atoms with Crippen LogP contribution in [0.2, 0.25) is 0 Å². The van der Waals surface area contributed by atoms with Gasteiger partial charge in [0, 0.05) is 31.6 Å². The summed E-state index contributed by atoms with van der Waals surface area (Å²) in [6.45, 7) is 4.32. The highest BCUT2D eigenvalue weighted by Gasteiger charge is 2.32. The van der Waals surface area contributed by atoms with Gasteiger partial charge in [0.25, 0.3) is 0 Å². The first kappa shape index (κ1) is 20.5. The zero-order chi connectivity index (χ0) is 21.2. The number of fused-ring (bicyclic) bond motifs is 3. The lowest BCUT2D eigenvalue weighted by molar-refractivity contribution is 0.0757. The molecule has 5 rings (SSSR count). The second-order valence-corrected chi connectivity index (χ2v) is 9.21. The summed E-state index contributed by atoms with van der Waals surface area (Å²) in [5.41, 5.74) is 5.00. The van der Waals surface area contributed by atoms with E-state index < -0.39 is 0 Å². The Labute approximate surface area is 184 Å². The van der Waals surface area contributed by atoms with E-state index in [2.05, 4.69) is 53.4 Å². The van der Waals surface area contributed by atoms with Crippen LogP contribution in [0.25, 0.3) is 11.1 Å². The maximum absolute atomic E-state index is 12.8. The largest absolute Gasteiger partial charge is 0.448 e. The van der Waals surface area contributed by atoms with Gasteiger partial charge in [0.2, 0.25) is 0 Å². The van der Waals surface area contributed by atoms with E-state index in [0.717, 1.165) is 45.4 Å². The van der Waals surface area contributed by atoms with Crippen LogP contribution in [-0.4, -0.2) is 66.4 Å². The lowest BCUT2D eigenvalue weighted by atomic mass is 9.96. The van der Waals surface area contributed by atoms with Crippen molar-refractivity contribution in [2.45, 2.75) is 37.6 Å². The third kappa shape index (κ3) is 4.09. The van der Waals surface area contributed by atoms with Crippen LogP contribution in [0.5, 0.6) is 0 Å². The molecule has 0 radical (unpaired) electrons. The van der Waals surface area contributed by atoms with Crippen molar-refractivity contribution in [2.24, 2.45) is 5.92 Å². The SMILES string of the molecule is O=C(OCC1c2ccccc2-c2ccccc21)N1CCC(CN2CCC[C@H]2CO)CC1. The van der Waals surface area contributed by atoms with Crippen LogP contribution >= 0.6 is 0 Å². The van der Waals surface area contributed by atoms with Gasteiger partial charge in [0.05, 0.1) is 6.61 Å². The maximum atomic E-state index is 12.8. The summed E-state index contributed by atoms with van der Waals surface area (Å²) < 4.78 is 5.83. The molecule has 31 heavy (non-hydrogen) atoms. The molecule has 164 valence electrons. The molecule has 0 bridgehead atoms. The first-order valence-electron chi connectivity index (χ1n) is 11.7. The molecular weight excluding hydrogens is 388 g/mol. The van der Waals surface area contributed by atoms with E-state index in [9.17, 15) is 9.90 Å². The summed E-state index contributed by atoms with van der Waals surface area (Å²) >= 11 is 0. The Bertz CT molecular complexity index is 877. The number of hydrogen-bond donors (Lipinski definition) is 1. The smallest absolute Gasteiger partial charge is 0.409 e. The Kier molecular flexibility index (Phi) is 5.97. The van der Waals surface area contributed by atoms with Crippen LogP contribution in [-0.2, 0) is 4.74 Å². The number of piperidine rings is 1. The Morgan fingerprint density at radius 3 is 2.23 bits per heavy atom. The zero-order valence-corrected chi connectivity index (χ0v) is 18.1. The molecule has 2 aliphatic heterocycles. The van der Waals surface area contributed by atoms with Crippen LogP contribution in [0.4, 0.5) is 4.79 Å². The van der Waals surface area contributed by atoms with E-state index in [4.69, 9.17) is 4.74 Å². The average molecular weight is 421 g/mol. The summed E-state index contributed by atoms with van der Waals surface area (Å²) in [5.74, 6) is 0.712. The fourth-order valence-corrected chi connectivity index (χ4v) is 5.66. The number of aliphatic hydroxyl groups is 1.